The molecule has 0 spiro atoms. The van der Waals surface area contributed by atoms with E-state index in [0.29, 0.717) is 5.56 Å². The predicted octanol–water partition coefficient (Wildman–Crippen LogP) is 5.37. The van der Waals surface area contributed by atoms with E-state index in [1.165, 1.54) is 0 Å². The Morgan fingerprint density at radius 2 is 1.90 bits per heavy atom. The van der Waals surface area contributed by atoms with Gasteiger partial charge in [-0.25, -0.2) is 0 Å². The number of nitrogens with zero attached hydrogens (tertiary/aromatic N) is 1. The zero-order valence-corrected chi connectivity index (χ0v) is 17.6. The highest BCUT2D eigenvalue weighted by atomic mass is 16.5. The molecule has 1 amide bonds. The van der Waals surface area contributed by atoms with Crippen molar-refractivity contribution in [3.8, 4) is 5.75 Å². The summed E-state index contributed by atoms with van der Waals surface area (Å²) in [6.45, 7) is 2.17. The number of carbonyl (C=O) groups is 1. The average molecular weight is 404 g/mol. The van der Waals surface area contributed by atoms with Gasteiger partial charge in [0.1, 0.15) is 5.75 Å². The number of hydrogen-bond acceptors (Lipinski definition) is 4. The van der Waals surface area contributed by atoms with Crippen LogP contribution in [0.15, 0.2) is 73.1 Å². The smallest absolute Gasteiger partial charge is 0.251 e. The number of anilines is 2. The van der Waals surface area contributed by atoms with Gasteiger partial charge in [0.2, 0.25) is 0 Å². The summed E-state index contributed by atoms with van der Waals surface area (Å²) >= 11 is 0. The number of rotatable bonds is 10. The molecule has 0 aliphatic rings. The number of ether oxygens (including phenoxy) is 1. The van der Waals surface area contributed by atoms with Gasteiger partial charge in [0, 0.05) is 23.5 Å². The number of methoxy groups -OCH3 is 1. The van der Waals surface area contributed by atoms with E-state index in [0.717, 1.165) is 48.4 Å². The van der Waals surface area contributed by atoms with E-state index < -0.39 is 0 Å². The van der Waals surface area contributed by atoms with Gasteiger partial charge >= 0.3 is 0 Å². The largest absolute Gasteiger partial charge is 0.497 e. The molecule has 2 N–H and O–H groups in total. The summed E-state index contributed by atoms with van der Waals surface area (Å²) in [4.78, 5) is 16.9. The summed E-state index contributed by atoms with van der Waals surface area (Å²) < 4.78 is 5.32. The van der Waals surface area contributed by atoms with Gasteiger partial charge in [-0.1, -0.05) is 31.9 Å². The van der Waals surface area contributed by atoms with Gasteiger partial charge in [-0.15, -0.1) is 0 Å². The van der Waals surface area contributed by atoms with Crippen molar-refractivity contribution in [3.05, 3.63) is 84.2 Å². The Morgan fingerprint density at radius 1 is 1.07 bits per heavy atom. The molecule has 0 radical (unpaired) electrons. The zero-order chi connectivity index (χ0) is 21.2. The maximum atomic E-state index is 12.8. The second-order valence-electron chi connectivity index (χ2n) is 7.31. The van der Waals surface area contributed by atoms with E-state index >= 15 is 0 Å². The lowest BCUT2D eigenvalue weighted by molar-refractivity contribution is 0.0934. The number of amides is 1. The van der Waals surface area contributed by atoms with Crippen molar-refractivity contribution in [2.75, 3.05) is 12.4 Å². The molecular formula is C25H29N3O2. The van der Waals surface area contributed by atoms with Crippen LogP contribution in [0.25, 0.3) is 0 Å². The number of unbranched alkanes of at least 4 members (excludes halogenated alkanes) is 1. The molecule has 1 unspecified atom stereocenters. The molecule has 1 aromatic heterocycles. The van der Waals surface area contributed by atoms with E-state index in [4.69, 9.17) is 4.74 Å². The zero-order valence-electron chi connectivity index (χ0n) is 17.6. The number of carbonyl (C=O) groups excluding carboxylic acids is 1. The molecule has 5 nitrogen and oxygen atoms in total. The molecule has 5 heteroatoms. The fourth-order valence-electron chi connectivity index (χ4n) is 3.34. The monoisotopic (exact) mass is 403 g/mol. The molecule has 156 valence electrons. The van der Waals surface area contributed by atoms with Crippen LogP contribution in [0.2, 0.25) is 0 Å². The van der Waals surface area contributed by atoms with E-state index in [9.17, 15) is 4.79 Å². The van der Waals surface area contributed by atoms with Gasteiger partial charge in [-0.05, 0) is 66.9 Å². The van der Waals surface area contributed by atoms with Crippen LogP contribution in [0.4, 0.5) is 11.4 Å². The van der Waals surface area contributed by atoms with Gasteiger partial charge in [-0.2, -0.15) is 0 Å². The molecule has 1 heterocycles. The van der Waals surface area contributed by atoms with Gasteiger partial charge in [0.15, 0.2) is 0 Å². The highest BCUT2D eigenvalue weighted by Crippen LogP contribution is 2.18. The molecule has 0 aliphatic carbocycles. The summed E-state index contributed by atoms with van der Waals surface area (Å²) in [5.74, 6) is 0.789. The summed E-state index contributed by atoms with van der Waals surface area (Å²) in [6.07, 6.45) is 7.39. The average Bonchev–Trinajstić information content (AvgIpc) is 2.78. The molecule has 1 atom stereocenters. The SMILES string of the molecule is CCCCC(Cc1cccc(OC)c1)NC(=O)c1ccc(Nc2cccnc2)cc1. The molecule has 0 fully saturated rings. The number of benzene rings is 2. The van der Waals surface area contributed by atoms with Crippen LogP contribution >= 0.6 is 0 Å². The van der Waals surface area contributed by atoms with E-state index in [1.54, 1.807) is 19.5 Å². The molecule has 0 bridgehead atoms. The van der Waals surface area contributed by atoms with Crippen molar-refractivity contribution < 1.29 is 9.53 Å². The van der Waals surface area contributed by atoms with Crippen molar-refractivity contribution in [3.63, 3.8) is 0 Å². The van der Waals surface area contributed by atoms with Crippen LogP contribution in [0.5, 0.6) is 5.75 Å². The van der Waals surface area contributed by atoms with Crippen LogP contribution in [0.1, 0.15) is 42.1 Å². The topological polar surface area (TPSA) is 63.2 Å². The summed E-state index contributed by atoms with van der Waals surface area (Å²) in [7, 11) is 1.67. The third kappa shape index (κ3) is 6.34. The van der Waals surface area contributed by atoms with E-state index in [-0.39, 0.29) is 11.9 Å². The van der Waals surface area contributed by atoms with E-state index in [2.05, 4.69) is 28.6 Å². The second kappa shape index (κ2) is 11.0. The number of hydrogen-bond donors (Lipinski definition) is 2. The maximum Gasteiger partial charge on any atom is 0.251 e. The van der Waals surface area contributed by atoms with Crippen LogP contribution in [-0.4, -0.2) is 24.0 Å². The Morgan fingerprint density at radius 3 is 2.60 bits per heavy atom. The lowest BCUT2D eigenvalue weighted by Crippen LogP contribution is -2.36. The first kappa shape index (κ1) is 21.4. The fraction of sp³-hybridized carbons (Fsp3) is 0.280. The van der Waals surface area contributed by atoms with E-state index in [1.807, 2.05) is 54.6 Å². The minimum Gasteiger partial charge on any atom is -0.497 e. The number of aromatic nitrogens is 1. The number of nitrogens with one attached hydrogen (secondary N) is 2. The van der Waals surface area contributed by atoms with Crippen LogP contribution in [0.3, 0.4) is 0 Å². The normalized spacial score (nSPS) is 11.5. The molecule has 30 heavy (non-hydrogen) atoms. The highest BCUT2D eigenvalue weighted by molar-refractivity contribution is 5.94. The second-order valence-corrected chi connectivity index (χ2v) is 7.31. The van der Waals surface area contributed by atoms with Gasteiger partial charge < -0.3 is 15.4 Å². The molecule has 2 aromatic carbocycles. The minimum absolute atomic E-state index is 0.0491. The highest BCUT2D eigenvalue weighted by Gasteiger charge is 2.15. The summed E-state index contributed by atoms with van der Waals surface area (Å²) in [5.41, 5.74) is 3.64. The van der Waals surface area contributed by atoms with Crippen LogP contribution < -0.4 is 15.4 Å². The van der Waals surface area contributed by atoms with Crippen LogP contribution in [-0.2, 0) is 6.42 Å². The van der Waals surface area contributed by atoms with Crippen molar-refractivity contribution in [2.24, 2.45) is 0 Å². The van der Waals surface area contributed by atoms with Gasteiger partial charge in [0.25, 0.3) is 5.91 Å². The minimum atomic E-state index is -0.0491. The molecule has 3 rings (SSSR count). The quantitative estimate of drug-likeness (QED) is 0.478. The van der Waals surface area contributed by atoms with Crippen molar-refractivity contribution in [1.29, 1.82) is 0 Å². The number of pyridine rings is 1. The summed E-state index contributed by atoms with van der Waals surface area (Å²) in [5, 5.41) is 6.49. The Kier molecular flexibility index (Phi) is 7.84. The standard InChI is InChI=1S/C25H29N3O2/c1-3-4-8-22(16-19-7-5-10-24(17-19)30-2)28-25(29)20-11-13-21(14-12-20)27-23-9-6-15-26-18-23/h5-7,9-15,17-18,22,27H,3-4,8,16H2,1-2H3,(H,28,29). The van der Waals surface area contributed by atoms with Crippen molar-refractivity contribution in [2.45, 2.75) is 38.6 Å². The Bertz CT molecular complexity index is 927. The van der Waals surface area contributed by atoms with Crippen LogP contribution in [0, 0.1) is 0 Å². The molecule has 0 aliphatic heterocycles. The van der Waals surface area contributed by atoms with Gasteiger partial charge in [0.05, 0.1) is 19.0 Å². The summed E-state index contributed by atoms with van der Waals surface area (Å²) in [6, 6.07) is 19.4. The third-order valence-electron chi connectivity index (χ3n) is 4.95. The third-order valence-corrected chi connectivity index (χ3v) is 4.95. The lowest BCUT2D eigenvalue weighted by atomic mass is 10.00. The first-order chi connectivity index (χ1) is 14.7. The molecule has 0 saturated carbocycles. The first-order valence-electron chi connectivity index (χ1n) is 10.4. The molecule has 0 saturated heterocycles. The fourth-order valence-corrected chi connectivity index (χ4v) is 3.34. The first-order valence-corrected chi connectivity index (χ1v) is 10.4. The Hall–Kier alpha value is -3.34. The predicted molar refractivity (Wildman–Crippen MR) is 121 cm³/mol. The maximum absolute atomic E-state index is 12.8. The lowest BCUT2D eigenvalue weighted by Gasteiger charge is -2.19. The van der Waals surface area contributed by atoms with Crippen molar-refractivity contribution >= 4 is 17.3 Å². The molecule has 3 aromatic rings. The molecular weight excluding hydrogens is 374 g/mol. The Balaban J connectivity index is 1.64. The Labute approximate surface area is 178 Å². The van der Waals surface area contributed by atoms with Gasteiger partial charge in [-0.3, -0.25) is 9.78 Å². The van der Waals surface area contributed by atoms with Crippen molar-refractivity contribution in [1.82, 2.24) is 10.3 Å².